The number of methoxy groups -OCH3 is 1. The second kappa shape index (κ2) is 12.7. The van der Waals surface area contributed by atoms with Gasteiger partial charge in [0.05, 0.1) is 13.2 Å². The molecule has 2 aliphatic rings. The van der Waals surface area contributed by atoms with Crippen LogP contribution in [0.25, 0.3) is 0 Å². The van der Waals surface area contributed by atoms with Crippen LogP contribution in [0.4, 0.5) is 0 Å². The van der Waals surface area contributed by atoms with Crippen molar-refractivity contribution in [3.05, 3.63) is 53.6 Å². The number of amides is 1. The van der Waals surface area contributed by atoms with Crippen LogP contribution in [0, 0.1) is 0 Å². The molecule has 0 radical (unpaired) electrons. The molecule has 9 nitrogen and oxygen atoms in total. The van der Waals surface area contributed by atoms with E-state index in [0.717, 1.165) is 6.42 Å². The number of carbonyl (C=O) groups is 3. The van der Waals surface area contributed by atoms with Gasteiger partial charge in [-0.3, -0.25) is 19.3 Å². The van der Waals surface area contributed by atoms with Crippen molar-refractivity contribution in [3.63, 3.8) is 0 Å². The largest absolute Gasteiger partial charge is 0.497 e. The van der Waals surface area contributed by atoms with Crippen molar-refractivity contribution in [1.82, 2.24) is 10.2 Å². The topological polar surface area (TPSA) is 114 Å². The Kier molecular flexibility index (Phi) is 9.14. The Bertz CT molecular complexity index is 1100. The third-order valence-electron chi connectivity index (χ3n) is 6.58. The maximum Gasteiger partial charge on any atom is 0.220 e. The molecule has 2 aromatic rings. The molecule has 1 atom stereocenters. The van der Waals surface area contributed by atoms with Crippen LogP contribution in [-0.4, -0.2) is 79.6 Å². The van der Waals surface area contributed by atoms with Gasteiger partial charge in [-0.2, -0.15) is 0 Å². The maximum atomic E-state index is 13.3. The highest BCUT2D eigenvalue weighted by Gasteiger charge is 2.31. The summed E-state index contributed by atoms with van der Waals surface area (Å²) < 4.78 is 16.2. The summed E-state index contributed by atoms with van der Waals surface area (Å²) in [4.78, 5) is 40.3. The fraction of sp³-hybridized carbons (Fsp3) is 0.464. The Morgan fingerprint density at radius 3 is 2.35 bits per heavy atom. The second-order valence-corrected chi connectivity index (χ2v) is 9.43. The Hall–Kier alpha value is -3.43. The monoisotopic (exact) mass is 510 g/mol. The first kappa shape index (κ1) is 26.6. The lowest BCUT2D eigenvalue weighted by Gasteiger charge is -2.38. The van der Waals surface area contributed by atoms with E-state index in [9.17, 15) is 19.5 Å². The van der Waals surface area contributed by atoms with E-state index in [2.05, 4.69) is 5.32 Å². The zero-order valence-corrected chi connectivity index (χ0v) is 21.1. The molecule has 1 fully saturated rings. The first-order valence-corrected chi connectivity index (χ1v) is 12.7. The molecule has 0 unspecified atom stereocenters. The van der Waals surface area contributed by atoms with Gasteiger partial charge in [-0.1, -0.05) is 6.42 Å². The minimum absolute atomic E-state index is 0.0638. The van der Waals surface area contributed by atoms with Crippen LogP contribution in [0.5, 0.6) is 17.2 Å². The Morgan fingerprint density at radius 2 is 1.65 bits per heavy atom. The van der Waals surface area contributed by atoms with Gasteiger partial charge >= 0.3 is 0 Å². The molecule has 0 spiro atoms. The van der Waals surface area contributed by atoms with Gasteiger partial charge in [-0.15, -0.1) is 0 Å². The Balaban J connectivity index is 1.25. The van der Waals surface area contributed by atoms with Crippen LogP contribution in [0.2, 0.25) is 0 Å². The molecule has 0 aliphatic carbocycles. The molecule has 0 aromatic heterocycles. The van der Waals surface area contributed by atoms with Gasteiger partial charge < -0.3 is 24.6 Å². The minimum atomic E-state index is -0.737. The number of hydrogen-bond donors (Lipinski definition) is 2. The number of benzene rings is 2. The molecule has 4 rings (SSSR count). The number of unbranched alkanes of at least 4 members (excludes halogenated alkanes) is 2. The van der Waals surface area contributed by atoms with Crippen molar-refractivity contribution in [2.45, 2.75) is 44.2 Å². The third-order valence-corrected chi connectivity index (χ3v) is 6.58. The molecule has 1 saturated heterocycles. The number of rotatable bonds is 13. The van der Waals surface area contributed by atoms with Crippen molar-refractivity contribution in [1.29, 1.82) is 0 Å². The normalized spacial score (nSPS) is 15.9. The van der Waals surface area contributed by atoms with Gasteiger partial charge in [0.25, 0.3) is 0 Å². The molecule has 2 aliphatic heterocycles. The molecule has 9 heteroatoms. The first-order chi connectivity index (χ1) is 17.9. The van der Waals surface area contributed by atoms with Gasteiger partial charge in [0.15, 0.2) is 23.1 Å². The summed E-state index contributed by atoms with van der Waals surface area (Å²) in [5.74, 6) is 1.47. The number of hydrogen-bond acceptors (Lipinski definition) is 8. The van der Waals surface area contributed by atoms with Crippen molar-refractivity contribution in [2.75, 3.05) is 40.0 Å². The fourth-order valence-corrected chi connectivity index (χ4v) is 4.48. The smallest absolute Gasteiger partial charge is 0.220 e. The summed E-state index contributed by atoms with van der Waals surface area (Å²) in [7, 11) is 1.58. The quantitative estimate of drug-likeness (QED) is 0.312. The van der Waals surface area contributed by atoms with E-state index in [-0.39, 0.29) is 23.9 Å². The third kappa shape index (κ3) is 7.30. The Labute approximate surface area is 216 Å². The van der Waals surface area contributed by atoms with Gasteiger partial charge in [0.2, 0.25) is 5.91 Å². The molecular formula is C28H34N2O7. The van der Waals surface area contributed by atoms with E-state index >= 15 is 0 Å². The van der Waals surface area contributed by atoms with Crippen molar-refractivity contribution in [2.24, 2.45) is 0 Å². The van der Waals surface area contributed by atoms with Crippen LogP contribution in [0.1, 0.15) is 52.8 Å². The van der Waals surface area contributed by atoms with Gasteiger partial charge in [0, 0.05) is 43.6 Å². The Morgan fingerprint density at radius 1 is 0.973 bits per heavy atom. The second-order valence-electron chi connectivity index (χ2n) is 9.43. The van der Waals surface area contributed by atoms with Crippen LogP contribution in [0.3, 0.4) is 0 Å². The molecule has 2 aromatic carbocycles. The average Bonchev–Trinajstić information content (AvgIpc) is 2.90. The predicted molar refractivity (Wildman–Crippen MR) is 137 cm³/mol. The summed E-state index contributed by atoms with van der Waals surface area (Å²) in [5, 5.41) is 12.5. The summed E-state index contributed by atoms with van der Waals surface area (Å²) >= 11 is 0. The zero-order chi connectivity index (χ0) is 26.2. The van der Waals surface area contributed by atoms with Crippen LogP contribution in [-0.2, 0) is 4.79 Å². The molecule has 0 saturated carbocycles. The number of carbonyl (C=O) groups excluding carboxylic acids is 3. The van der Waals surface area contributed by atoms with Crippen molar-refractivity contribution < 1.29 is 33.7 Å². The van der Waals surface area contributed by atoms with E-state index in [4.69, 9.17) is 14.2 Å². The molecule has 198 valence electrons. The molecule has 37 heavy (non-hydrogen) atoms. The van der Waals surface area contributed by atoms with Crippen LogP contribution >= 0.6 is 0 Å². The number of nitrogens with zero attached hydrogens (tertiary/aromatic N) is 1. The minimum Gasteiger partial charge on any atom is -0.497 e. The van der Waals surface area contributed by atoms with Crippen LogP contribution in [0.15, 0.2) is 42.5 Å². The number of likely N-dealkylation sites (tertiary alicyclic amines) is 1. The number of ketones is 2. The van der Waals surface area contributed by atoms with E-state index in [1.165, 1.54) is 0 Å². The van der Waals surface area contributed by atoms with Gasteiger partial charge in [0.1, 0.15) is 25.0 Å². The number of ether oxygens (including phenoxy) is 3. The predicted octanol–water partition coefficient (Wildman–Crippen LogP) is 2.64. The summed E-state index contributed by atoms with van der Waals surface area (Å²) in [6.07, 6.45) is 2.31. The number of aliphatic hydroxyl groups excluding tert-OH is 1. The number of aliphatic hydroxyl groups is 1. The van der Waals surface area contributed by atoms with Crippen LogP contribution < -0.4 is 19.5 Å². The highest BCUT2D eigenvalue weighted by Crippen LogP contribution is 2.31. The lowest BCUT2D eigenvalue weighted by atomic mass is 10.0. The number of Topliss-reactive ketones (excluding diaryl/α,β-unsaturated/α-hetero) is 2. The van der Waals surface area contributed by atoms with Gasteiger partial charge in [-0.05, 0) is 55.3 Å². The zero-order valence-electron chi connectivity index (χ0n) is 21.1. The van der Waals surface area contributed by atoms with Gasteiger partial charge in [-0.25, -0.2) is 0 Å². The summed E-state index contributed by atoms with van der Waals surface area (Å²) in [6.45, 7) is 2.16. The number of fused-ring (bicyclic) bond motifs is 1. The average molecular weight is 511 g/mol. The van der Waals surface area contributed by atoms with E-state index < -0.39 is 12.1 Å². The molecular weight excluding hydrogens is 476 g/mol. The number of β-amino-alcohol motifs (C(OH)–C–C–N with tert-alkyl or cyclic N) is 1. The summed E-state index contributed by atoms with van der Waals surface area (Å²) in [5.41, 5.74) is 1.09. The van der Waals surface area contributed by atoms with Crippen molar-refractivity contribution >= 4 is 17.5 Å². The summed E-state index contributed by atoms with van der Waals surface area (Å²) in [6, 6.07) is 11.3. The SMILES string of the molecule is COc1ccc(C(=O)CCCCCC(=O)N[C@H](CN2CC(O)C2)C(=O)c2ccc3c(c2)OCCO3)cc1. The fourth-order valence-electron chi connectivity index (χ4n) is 4.48. The first-order valence-electron chi connectivity index (χ1n) is 12.7. The standard InChI is InChI=1S/C28H34N2O7/c1-35-22-10-7-19(8-11-22)24(32)5-3-2-4-6-27(33)29-23(18-30-16-21(31)17-30)28(34)20-9-12-25-26(15-20)37-14-13-36-25/h7-12,15,21,23,31H,2-6,13-14,16-18H2,1H3,(H,29,33)/t23-/m1/s1. The maximum absolute atomic E-state index is 13.3. The lowest BCUT2D eigenvalue weighted by molar-refractivity contribution is -0.122. The lowest BCUT2D eigenvalue weighted by Crippen LogP contribution is -2.57. The van der Waals surface area contributed by atoms with Crippen molar-refractivity contribution in [3.8, 4) is 17.2 Å². The van der Waals surface area contributed by atoms with E-state index in [0.29, 0.717) is 80.5 Å². The highest BCUT2D eigenvalue weighted by atomic mass is 16.6. The number of nitrogens with one attached hydrogen (secondary N) is 1. The van der Waals surface area contributed by atoms with E-state index in [1.807, 2.05) is 4.90 Å². The van der Waals surface area contributed by atoms with E-state index in [1.54, 1.807) is 49.6 Å². The molecule has 0 bridgehead atoms. The molecule has 2 N–H and O–H groups in total. The molecule has 1 amide bonds. The highest BCUT2D eigenvalue weighted by molar-refractivity contribution is 6.02. The molecule has 2 heterocycles.